The SMILES string of the molecule is CCOP(=O)(Nc1nc2nc(S[C@@H](C)c3ccccc3)nc(N[C@@H](CO)CC(C)C)c2s1)OCC. The highest BCUT2D eigenvalue weighted by molar-refractivity contribution is 7.99. The second-order valence-electron chi connectivity index (χ2n) is 8.30. The molecule has 0 spiro atoms. The number of thioether (sulfide) groups is 1. The number of rotatable bonds is 14. The van der Waals surface area contributed by atoms with Gasteiger partial charge < -0.3 is 10.4 Å². The van der Waals surface area contributed by atoms with E-state index in [9.17, 15) is 9.67 Å². The predicted octanol–water partition coefficient (Wildman–Crippen LogP) is 6.35. The molecule has 9 nitrogen and oxygen atoms in total. The standard InChI is InChI=1S/C23H34N5O4PS2/c1-6-31-33(30,32-7-2)28-23-27-21-19(35-23)20(24-18(14-29)13-15(3)4)25-22(26-21)34-16(5)17-11-9-8-10-12-17/h8-12,15-16,18,29H,6-7,13-14H2,1-5H3,(H2,24,25,26,27,28,30)/t16-,18+/m0/s1. The lowest BCUT2D eigenvalue weighted by Crippen LogP contribution is -2.26. The molecule has 2 atom stereocenters. The highest BCUT2D eigenvalue weighted by atomic mass is 32.2. The first-order valence-corrected chi connectivity index (χ1v) is 15.0. The Morgan fingerprint density at radius 1 is 1.09 bits per heavy atom. The molecule has 0 fully saturated rings. The first-order chi connectivity index (χ1) is 16.8. The van der Waals surface area contributed by atoms with Gasteiger partial charge in [0.05, 0.1) is 25.9 Å². The van der Waals surface area contributed by atoms with Crippen LogP contribution in [0, 0.1) is 5.92 Å². The fourth-order valence-electron chi connectivity index (χ4n) is 3.45. The maximum atomic E-state index is 13.0. The van der Waals surface area contributed by atoms with E-state index in [-0.39, 0.29) is 31.1 Å². The predicted molar refractivity (Wildman–Crippen MR) is 144 cm³/mol. The Kier molecular flexibility index (Phi) is 10.3. The van der Waals surface area contributed by atoms with E-state index in [4.69, 9.17) is 14.0 Å². The molecule has 0 aliphatic heterocycles. The van der Waals surface area contributed by atoms with Crippen molar-refractivity contribution in [1.29, 1.82) is 0 Å². The molecule has 3 N–H and O–H groups in total. The highest BCUT2D eigenvalue weighted by Gasteiger charge is 2.27. The third-order valence-electron chi connectivity index (χ3n) is 4.93. The molecule has 0 saturated heterocycles. The van der Waals surface area contributed by atoms with Crippen molar-refractivity contribution >= 4 is 52.1 Å². The first kappa shape index (κ1) is 27.8. The van der Waals surface area contributed by atoms with Gasteiger partial charge in [-0.2, -0.15) is 4.98 Å². The van der Waals surface area contributed by atoms with Crippen molar-refractivity contribution in [3.05, 3.63) is 35.9 Å². The average molecular weight is 540 g/mol. The first-order valence-electron chi connectivity index (χ1n) is 11.7. The Balaban J connectivity index is 1.98. The third-order valence-corrected chi connectivity index (χ3v) is 8.75. The molecular weight excluding hydrogens is 505 g/mol. The number of aliphatic hydroxyl groups is 1. The number of hydrogen-bond donors (Lipinski definition) is 3. The summed E-state index contributed by atoms with van der Waals surface area (Å²) in [5.41, 5.74) is 1.64. The molecule has 2 aromatic heterocycles. The number of aromatic nitrogens is 3. The van der Waals surface area contributed by atoms with E-state index in [0.717, 1.165) is 6.42 Å². The van der Waals surface area contributed by atoms with Gasteiger partial charge in [0.1, 0.15) is 4.70 Å². The maximum Gasteiger partial charge on any atom is 0.434 e. The van der Waals surface area contributed by atoms with Crippen molar-refractivity contribution < 1.29 is 18.7 Å². The van der Waals surface area contributed by atoms with Gasteiger partial charge in [-0.25, -0.2) is 14.5 Å². The van der Waals surface area contributed by atoms with Crippen LogP contribution in [0.3, 0.4) is 0 Å². The summed E-state index contributed by atoms with van der Waals surface area (Å²) < 4.78 is 24.4. The van der Waals surface area contributed by atoms with Crippen LogP contribution in [0.4, 0.5) is 10.9 Å². The van der Waals surface area contributed by atoms with E-state index < -0.39 is 7.75 Å². The lowest BCUT2D eigenvalue weighted by Gasteiger charge is -2.19. The number of anilines is 2. The molecule has 1 aromatic carbocycles. The number of nitrogens with one attached hydrogen (secondary N) is 2. The van der Waals surface area contributed by atoms with Gasteiger partial charge in [0.15, 0.2) is 21.8 Å². The number of benzene rings is 1. The Morgan fingerprint density at radius 3 is 2.37 bits per heavy atom. The van der Waals surface area contributed by atoms with Crippen LogP contribution in [-0.2, 0) is 13.6 Å². The van der Waals surface area contributed by atoms with Crippen molar-refractivity contribution in [3.8, 4) is 0 Å². The van der Waals surface area contributed by atoms with E-state index in [1.165, 1.54) is 28.7 Å². The van der Waals surface area contributed by atoms with Crippen LogP contribution >= 0.6 is 30.8 Å². The Labute approximate surface area is 215 Å². The number of nitrogens with zero attached hydrogens (tertiary/aromatic N) is 3. The summed E-state index contributed by atoms with van der Waals surface area (Å²) in [6.45, 7) is 10.2. The minimum atomic E-state index is -3.55. The largest absolute Gasteiger partial charge is 0.434 e. The lowest BCUT2D eigenvalue weighted by molar-refractivity contribution is 0.225. The maximum absolute atomic E-state index is 13.0. The minimum Gasteiger partial charge on any atom is -0.394 e. The quantitative estimate of drug-likeness (QED) is 0.121. The van der Waals surface area contributed by atoms with Gasteiger partial charge >= 0.3 is 7.75 Å². The monoisotopic (exact) mass is 539 g/mol. The summed E-state index contributed by atoms with van der Waals surface area (Å²) >= 11 is 2.79. The summed E-state index contributed by atoms with van der Waals surface area (Å²) in [6, 6.07) is 9.98. The fraction of sp³-hybridized carbons (Fsp3) is 0.522. The zero-order valence-electron chi connectivity index (χ0n) is 20.7. The topological polar surface area (TPSA) is 118 Å². The van der Waals surface area contributed by atoms with E-state index in [1.54, 1.807) is 13.8 Å². The molecule has 35 heavy (non-hydrogen) atoms. The number of hydrogen-bond acceptors (Lipinski definition) is 10. The summed E-state index contributed by atoms with van der Waals surface area (Å²) in [5, 5.41) is 17.2. The van der Waals surface area contributed by atoms with E-state index in [2.05, 4.69) is 53.3 Å². The van der Waals surface area contributed by atoms with Crippen LogP contribution < -0.4 is 10.4 Å². The molecule has 3 rings (SSSR count). The summed E-state index contributed by atoms with van der Waals surface area (Å²) in [6.07, 6.45) is 0.776. The third kappa shape index (κ3) is 7.87. The Hall–Kier alpha value is -1.75. The van der Waals surface area contributed by atoms with Gasteiger partial charge in [-0.1, -0.05) is 67.3 Å². The van der Waals surface area contributed by atoms with Gasteiger partial charge in [0, 0.05) is 5.25 Å². The molecule has 2 heterocycles. The van der Waals surface area contributed by atoms with Gasteiger partial charge in [-0.05, 0) is 38.7 Å². The smallest absolute Gasteiger partial charge is 0.394 e. The molecule has 0 aliphatic carbocycles. The molecule has 192 valence electrons. The second-order valence-corrected chi connectivity index (χ2v) is 12.3. The van der Waals surface area contributed by atoms with Crippen molar-refractivity contribution in [2.45, 2.75) is 57.5 Å². The molecule has 3 aromatic rings. The van der Waals surface area contributed by atoms with Crippen LogP contribution in [0.2, 0.25) is 0 Å². The Morgan fingerprint density at radius 2 is 1.77 bits per heavy atom. The van der Waals surface area contributed by atoms with Gasteiger partial charge in [-0.3, -0.25) is 14.1 Å². The van der Waals surface area contributed by atoms with Crippen LogP contribution in [0.1, 0.15) is 51.9 Å². The summed E-state index contributed by atoms with van der Waals surface area (Å²) in [5.74, 6) is 0.983. The van der Waals surface area contributed by atoms with Gasteiger partial charge in [0.2, 0.25) is 0 Å². The van der Waals surface area contributed by atoms with Crippen LogP contribution in [-0.4, -0.2) is 45.9 Å². The highest BCUT2D eigenvalue weighted by Crippen LogP contribution is 2.49. The number of thiazole rings is 1. The van der Waals surface area contributed by atoms with E-state index in [0.29, 0.717) is 32.4 Å². The molecule has 0 amide bonds. The van der Waals surface area contributed by atoms with Gasteiger partial charge in [0.25, 0.3) is 0 Å². The molecular formula is C23H34N5O4PS2. The zero-order valence-corrected chi connectivity index (χ0v) is 23.3. The van der Waals surface area contributed by atoms with Crippen LogP contribution in [0.15, 0.2) is 35.5 Å². The minimum absolute atomic E-state index is 0.0274. The van der Waals surface area contributed by atoms with Crippen molar-refractivity contribution in [3.63, 3.8) is 0 Å². The fourth-order valence-corrected chi connectivity index (χ4v) is 6.74. The average Bonchev–Trinajstić information content (AvgIpc) is 3.21. The molecule has 0 saturated carbocycles. The van der Waals surface area contributed by atoms with E-state index in [1.807, 2.05) is 18.2 Å². The Bertz CT molecular complexity index is 1120. The molecule has 0 bridgehead atoms. The zero-order chi connectivity index (χ0) is 25.4. The van der Waals surface area contributed by atoms with Crippen molar-refractivity contribution in [2.75, 3.05) is 30.2 Å². The van der Waals surface area contributed by atoms with Crippen molar-refractivity contribution in [2.24, 2.45) is 5.92 Å². The van der Waals surface area contributed by atoms with Crippen LogP contribution in [0.25, 0.3) is 10.3 Å². The molecule has 0 aliphatic rings. The second kappa shape index (κ2) is 13.0. The number of fused-ring (bicyclic) bond motifs is 1. The summed E-state index contributed by atoms with van der Waals surface area (Å²) in [4.78, 5) is 14.0. The number of aliphatic hydroxyl groups excluding tert-OH is 1. The van der Waals surface area contributed by atoms with Crippen LogP contribution in [0.5, 0.6) is 0 Å². The summed E-state index contributed by atoms with van der Waals surface area (Å²) in [7, 11) is -3.55. The molecule has 0 unspecified atom stereocenters. The lowest BCUT2D eigenvalue weighted by atomic mass is 10.0. The molecule has 0 radical (unpaired) electrons. The van der Waals surface area contributed by atoms with E-state index >= 15 is 0 Å². The van der Waals surface area contributed by atoms with Gasteiger partial charge in [-0.15, -0.1) is 0 Å². The molecule has 12 heteroatoms. The normalized spacial score (nSPS) is 13.8. The van der Waals surface area contributed by atoms with Crippen molar-refractivity contribution in [1.82, 2.24) is 15.0 Å².